The maximum absolute atomic E-state index is 11.2. The van der Waals surface area contributed by atoms with Gasteiger partial charge in [0.1, 0.15) is 5.82 Å². The largest absolute Gasteiger partial charge is 0.351 e. The van der Waals surface area contributed by atoms with Gasteiger partial charge in [-0.15, -0.1) is 0 Å². The highest BCUT2D eigenvalue weighted by Crippen LogP contribution is 2.24. The Morgan fingerprint density at radius 3 is 2.90 bits per heavy atom. The van der Waals surface area contributed by atoms with E-state index in [1.54, 1.807) is 10.7 Å². The second-order valence-corrected chi connectivity index (χ2v) is 5.13. The molecule has 3 rings (SSSR count). The Morgan fingerprint density at radius 2 is 2.25 bits per heavy atom. The van der Waals surface area contributed by atoms with E-state index in [-0.39, 0.29) is 17.9 Å². The number of ketones is 1. The van der Waals surface area contributed by atoms with Gasteiger partial charge in [0.25, 0.3) is 0 Å². The highest BCUT2D eigenvalue weighted by molar-refractivity contribution is 6.38. The summed E-state index contributed by atoms with van der Waals surface area (Å²) in [5, 5.41) is 15.3. The summed E-state index contributed by atoms with van der Waals surface area (Å²) in [6.45, 7) is 3.22. The van der Waals surface area contributed by atoms with Gasteiger partial charge >= 0.3 is 0 Å². The van der Waals surface area contributed by atoms with Crippen LogP contribution < -0.4 is 5.32 Å². The summed E-state index contributed by atoms with van der Waals surface area (Å²) in [6.07, 6.45) is 4.19. The van der Waals surface area contributed by atoms with Gasteiger partial charge in [-0.1, -0.05) is 0 Å². The molecule has 0 atom stereocenters. The second-order valence-electron chi connectivity index (χ2n) is 5.13. The average molecular weight is 272 g/mol. The minimum atomic E-state index is -0.230. The fourth-order valence-corrected chi connectivity index (χ4v) is 1.97. The van der Waals surface area contributed by atoms with E-state index >= 15 is 0 Å². The van der Waals surface area contributed by atoms with Crippen LogP contribution >= 0.6 is 0 Å². The quantitative estimate of drug-likeness (QED) is 0.796. The molecule has 2 N–H and O–H groups in total. The topological polar surface area (TPSA) is 96.0 Å². The lowest BCUT2D eigenvalue weighted by atomic mass is 10.1. The summed E-state index contributed by atoms with van der Waals surface area (Å²) in [7, 11) is 0. The minimum Gasteiger partial charge on any atom is -0.351 e. The third kappa shape index (κ3) is 2.38. The molecule has 104 valence electrons. The molecule has 2 aromatic heterocycles. The van der Waals surface area contributed by atoms with Crippen LogP contribution in [0.3, 0.4) is 0 Å². The summed E-state index contributed by atoms with van der Waals surface area (Å²) in [4.78, 5) is 19.9. The molecule has 0 unspecified atom stereocenters. The number of rotatable bonds is 5. The molecule has 0 aliphatic heterocycles. The fourth-order valence-electron chi connectivity index (χ4n) is 1.97. The predicted octanol–water partition coefficient (Wildman–Crippen LogP) is 1.16. The van der Waals surface area contributed by atoms with Gasteiger partial charge in [0.2, 0.25) is 5.95 Å². The van der Waals surface area contributed by atoms with Gasteiger partial charge in [0.15, 0.2) is 11.4 Å². The normalized spacial score (nSPS) is 14.5. The molecule has 1 fully saturated rings. The standard InChI is InChI=1S/C13H16N6O/c1-7(20)11(14)5-9-6-15-19-12(9)16-8(2)17-13(19)18-10-3-4-10/h6,10,14H,3-5H2,1-2H3,(H,16,17,18). The molecule has 0 bridgehead atoms. The lowest BCUT2D eigenvalue weighted by Crippen LogP contribution is -2.13. The van der Waals surface area contributed by atoms with Gasteiger partial charge in [-0.05, 0) is 19.8 Å². The number of hydrogen-bond donors (Lipinski definition) is 2. The SMILES string of the molecule is CC(=O)C(=N)Cc1cnn2c(NC3CC3)nc(C)nc12. The van der Waals surface area contributed by atoms with Gasteiger partial charge in [-0.3, -0.25) is 4.79 Å². The van der Waals surface area contributed by atoms with Crippen molar-refractivity contribution in [2.24, 2.45) is 0 Å². The van der Waals surface area contributed by atoms with Crippen molar-refractivity contribution in [3.63, 3.8) is 0 Å². The van der Waals surface area contributed by atoms with Crippen LogP contribution in [-0.2, 0) is 11.2 Å². The number of nitrogens with zero attached hydrogens (tertiary/aromatic N) is 4. The van der Waals surface area contributed by atoms with Crippen molar-refractivity contribution >= 4 is 23.1 Å². The number of hydrogen-bond acceptors (Lipinski definition) is 6. The molecule has 7 nitrogen and oxygen atoms in total. The van der Waals surface area contributed by atoms with Crippen molar-refractivity contribution in [1.82, 2.24) is 19.6 Å². The number of carbonyl (C=O) groups is 1. The Hall–Kier alpha value is -2.31. The van der Waals surface area contributed by atoms with Gasteiger partial charge in [0.05, 0.1) is 11.9 Å². The fraction of sp³-hybridized carbons (Fsp3) is 0.462. The van der Waals surface area contributed by atoms with Crippen LogP contribution in [-0.4, -0.2) is 37.1 Å². The van der Waals surface area contributed by atoms with E-state index in [1.165, 1.54) is 6.92 Å². The van der Waals surface area contributed by atoms with Crippen LogP contribution in [0, 0.1) is 12.3 Å². The first-order chi connectivity index (χ1) is 9.54. The molecule has 20 heavy (non-hydrogen) atoms. The van der Waals surface area contributed by atoms with E-state index in [0.29, 0.717) is 23.5 Å². The number of anilines is 1. The Labute approximate surface area is 115 Å². The van der Waals surface area contributed by atoms with Gasteiger partial charge < -0.3 is 10.7 Å². The summed E-state index contributed by atoms with van der Waals surface area (Å²) in [5.41, 5.74) is 1.49. The Morgan fingerprint density at radius 1 is 1.50 bits per heavy atom. The molecule has 2 heterocycles. The number of aryl methyl sites for hydroxylation is 1. The molecular formula is C13H16N6O. The van der Waals surface area contributed by atoms with Gasteiger partial charge in [0, 0.05) is 24.9 Å². The second kappa shape index (κ2) is 4.66. The van der Waals surface area contributed by atoms with Crippen molar-refractivity contribution in [3.8, 4) is 0 Å². The zero-order valence-electron chi connectivity index (χ0n) is 11.5. The molecule has 7 heteroatoms. The predicted molar refractivity (Wildman–Crippen MR) is 74.3 cm³/mol. The minimum absolute atomic E-state index is 0.0628. The van der Waals surface area contributed by atoms with E-state index in [4.69, 9.17) is 5.41 Å². The maximum Gasteiger partial charge on any atom is 0.227 e. The van der Waals surface area contributed by atoms with E-state index in [1.807, 2.05) is 6.92 Å². The molecule has 2 aromatic rings. The van der Waals surface area contributed by atoms with Crippen molar-refractivity contribution in [3.05, 3.63) is 17.6 Å². The molecule has 1 aliphatic rings. The van der Waals surface area contributed by atoms with Crippen LogP contribution in [0.1, 0.15) is 31.2 Å². The molecule has 0 amide bonds. The molecule has 1 aliphatic carbocycles. The number of fused-ring (bicyclic) bond motifs is 1. The summed E-state index contributed by atoms with van der Waals surface area (Å²) in [6, 6.07) is 0.468. The van der Waals surface area contributed by atoms with Crippen molar-refractivity contribution in [2.75, 3.05) is 5.32 Å². The van der Waals surface area contributed by atoms with E-state index in [0.717, 1.165) is 18.4 Å². The maximum atomic E-state index is 11.2. The van der Waals surface area contributed by atoms with Crippen LogP contribution in [0.4, 0.5) is 5.95 Å². The lowest BCUT2D eigenvalue weighted by Gasteiger charge is -2.07. The van der Waals surface area contributed by atoms with Crippen molar-refractivity contribution in [1.29, 1.82) is 5.41 Å². The Bertz CT molecular complexity index is 700. The first-order valence-electron chi connectivity index (χ1n) is 6.60. The van der Waals surface area contributed by atoms with Crippen molar-refractivity contribution in [2.45, 2.75) is 39.2 Å². The first kappa shape index (κ1) is 12.7. The van der Waals surface area contributed by atoms with Crippen LogP contribution in [0.2, 0.25) is 0 Å². The van der Waals surface area contributed by atoms with Crippen LogP contribution in [0.15, 0.2) is 6.20 Å². The third-order valence-corrected chi connectivity index (χ3v) is 3.26. The molecular weight excluding hydrogens is 256 g/mol. The summed E-state index contributed by atoms with van der Waals surface area (Å²) in [5.74, 6) is 1.10. The zero-order valence-corrected chi connectivity index (χ0v) is 11.5. The summed E-state index contributed by atoms with van der Waals surface area (Å²) < 4.78 is 1.65. The number of carbonyl (C=O) groups excluding carboxylic acids is 1. The highest BCUT2D eigenvalue weighted by atomic mass is 16.1. The Kier molecular flexibility index (Phi) is 2.96. The van der Waals surface area contributed by atoms with E-state index in [2.05, 4.69) is 20.4 Å². The molecule has 0 spiro atoms. The average Bonchev–Trinajstić information content (AvgIpc) is 3.11. The molecule has 0 radical (unpaired) electrons. The van der Waals surface area contributed by atoms with E-state index in [9.17, 15) is 4.79 Å². The zero-order chi connectivity index (χ0) is 14.3. The number of Topliss-reactive ketones (excluding diaryl/α,β-unsaturated/α-hetero) is 1. The Balaban J connectivity index is 2.00. The first-order valence-corrected chi connectivity index (χ1v) is 6.60. The molecule has 1 saturated carbocycles. The van der Waals surface area contributed by atoms with Crippen LogP contribution in [0.5, 0.6) is 0 Å². The number of aromatic nitrogens is 4. The monoisotopic (exact) mass is 272 g/mol. The third-order valence-electron chi connectivity index (χ3n) is 3.26. The summed E-state index contributed by atoms with van der Waals surface area (Å²) >= 11 is 0. The highest BCUT2D eigenvalue weighted by Gasteiger charge is 2.23. The van der Waals surface area contributed by atoms with Gasteiger partial charge in [-0.25, -0.2) is 4.98 Å². The number of nitrogens with one attached hydrogen (secondary N) is 2. The molecule has 0 saturated heterocycles. The van der Waals surface area contributed by atoms with E-state index < -0.39 is 0 Å². The smallest absolute Gasteiger partial charge is 0.227 e. The lowest BCUT2D eigenvalue weighted by molar-refractivity contribution is -0.111. The van der Waals surface area contributed by atoms with Gasteiger partial charge in [-0.2, -0.15) is 14.6 Å². The van der Waals surface area contributed by atoms with Crippen molar-refractivity contribution < 1.29 is 4.79 Å². The van der Waals surface area contributed by atoms with Crippen LogP contribution in [0.25, 0.3) is 5.65 Å². The molecule has 0 aromatic carbocycles.